The van der Waals surface area contributed by atoms with Crippen LogP contribution in [0.5, 0.6) is 0 Å². The van der Waals surface area contributed by atoms with Gasteiger partial charge in [-0.25, -0.2) is 4.79 Å². The summed E-state index contributed by atoms with van der Waals surface area (Å²) in [7, 11) is 1.33. The molecule has 1 amide bonds. The number of nitrogens with zero attached hydrogens (tertiary/aromatic N) is 1. The molecule has 1 heterocycles. The summed E-state index contributed by atoms with van der Waals surface area (Å²) in [5, 5.41) is 2.69. The first-order valence-electron chi connectivity index (χ1n) is 7.62. The lowest BCUT2D eigenvalue weighted by Gasteiger charge is -2.23. The van der Waals surface area contributed by atoms with Crippen LogP contribution in [-0.2, 0) is 23.8 Å². The summed E-state index contributed by atoms with van der Waals surface area (Å²) in [5.41, 5.74) is -0.544. The third-order valence-corrected chi connectivity index (χ3v) is 3.44. The number of hydrogen-bond acceptors (Lipinski definition) is 7. The maximum atomic E-state index is 11.6. The molecule has 0 saturated carbocycles. The molecule has 0 aromatic heterocycles. The third kappa shape index (κ3) is 7.32. The third-order valence-electron chi connectivity index (χ3n) is 3.44. The van der Waals surface area contributed by atoms with Gasteiger partial charge >= 0.3 is 12.1 Å². The first-order chi connectivity index (χ1) is 10.7. The van der Waals surface area contributed by atoms with Crippen molar-refractivity contribution in [3.8, 4) is 0 Å². The fourth-order valence-corrected chi connectivity index (χ4v) is 2.49. The molecule has 1 rings (SSSR count). The van der Waals surface area contributed by atoms with Gasteiger partial charge in [0.1, 0.15) is 11.7 Å². The molecule has 0 aromatic carbocycles. The highest BCUT2D eigenvalue weighted by molar-refractivity contribution is 5.71. The molecule has 23 heavy (non-hydrogen) atoms. The van der Waals surface area contributed by atoms with Crippen molar-refractivity contribution in [2.45, 2.75) is 51.4 Å². The molecule has 1 saturated heterocycles. The highest BCUT2D eigenvalue weighted by atomic mass is 16.6. The Balaban J connectivity index is 2.45. The largest absolute Gasteiger partial charge is 0.468 e. The molecule has 0 spiro atoms. The van der Waals surface area contributed by atoms with E-state index < -0.39 is 11.7 Å². The molecule has 0 radical (unpaired) electrons. The van der Waals surface area contributed by atoms with Crippen LogP contribution in [0.4, 0.5) is 4.79 Å². The molecule has 8 heteroatoms. The molecule has 8 nitrogen and oxygen atoms in total. The van der Waals surface area contributed by atoms with E-state index in [1.54, 1.807) is 20.8 Å². The minimum Gasteiger partial charge on any atom is -0.468 e. The summed E-state index contributed by atoms with van der Waals surface area (Å²) in [4.78, 5) is 35.4. The smallest absolute Gasteiger partial charge is 0.407 e. The molecule has 132 valence electrons. The minimum atomic E-state index is -0.544. The molecule has 0 unspecified atom stereocenters. The lowest BCUT2D eigenvalue weighted by atomic mass is 10.1. The van der Waals surface area contributed by atoms with E-state index in [1.807, 2.05) is 4.90 Å². The van der Waals surface area contributed by atoms with E-state index in [0.717, 1.165) is 0 Å². The predicted octanol–water partition coefficient (Wildman–Crippen LogP) is 0.690. The fourth-order valence-electron chi connectivity index (χ4n) is 2.49. The van der Waals surface area contributed by atoms with E-state index >= 15 is 0 Å². The van der Waals surface area contributed by atoms with Crippen LogP contribution in [0.3, 0.4) is 0 Å². The van der Waals surface area contributed by atoms with Gasteiger partial charge in [-0.3, -0.25) is 14.5 Å². The molecule has 1 aliphatic heterocycles. The van der Waals surface area contributed by atoms with Crippen LogP contribution < -0.4 is 5.32 Å². The molecule has 1 N–H and O–H groups in total. The number of rotatable bonds is 7. The molecule has 0 bridgehead atoms. The zero-order valence-corrected chi connectivity index (χ0v) is 14.2. The maximum Gasteiger partial charge on any atom is 0.407 e. The number of nitrogens with one attached hydrogen (secondary N) is 1. The Bertz CT molecular complexity index is 421. The van der Waals surface area contributed by atoms with Crippen molar-refractivity contribution < 1.29 is 28.6 Å². The topological polar surface area (TPSA) is 94.2 Å². The summed E-state index contributed by atoms with van der Waals surface area (Å²) in [6.07, 6.45) is 0.514. The van der Waals surface area contributed by atoms with Gasteiger partial charge in [0.15, 0.2) is 0 Å². The Labute approximate surface area is 136 Å². The number of amides is 1. The van der Waals surface area contributed by atoms with Crippen LogP contribution in [-0.4, -0.2) is 67.9 Å². The lowest BCUT2D eigenvalue weighted by molar-refractivity contribution is -0.142. The number of ether oxygens (including phenoxy) is 3. The number of methoxy groups -OCH3 is 1. The second kappa shape index (κ2) is 8.71. The van der Waals surface area contributed by atoms with Crippen LogP contribution in [0, 0.1) is 0 Å². The van der Waals surface area contributed by atoms with Crippen molar-refractivity contribution in [2.24, 2.45) is 0 Å². The second-order valence-electron chi connectivity index (χ2n) is 6.47. The number of carbonyl (C=O) groups excluding carboxylic acids is 3. The van der Waals surface area contributed by atoms with Crippen LogP contribution in [0.15, 0.2) is 0 Å². The van der Waals surface area contributed by atoms with Crippen LogP contribution in [0.1, 0.15) is 33.6 Å². The quantitative estimate of drug-likeness (QED) is 0.417. The first kappa shape index (κ1) is 19.2. The van der Waals surface area contributed by atoms with E-state index in [4.69, 9.17) is 9.47 Å². The molecular formula is C15H26N2O6. The standard InChI is InChI=1S/C15H26N2O6/c1-15(2,3)23-14(20)16-6-5-11-7-12(22-10-18)8-17(11)9-13(19)21-4/h10-12H,5-9H2,1-4H3,(H,16,20)/t11-,12-/m0/s1. The van der Waals surface area contributed by atoms with Crippen molar-refractivity contribution in [2.75, 3.05) is 26.7 Å². The Morgan fingerprint density at radius 2 is 2.04 bits per heavy atom. The van der Waals surface area contributed by atoms with Crippen molar-refractivity contribution in [3.63, 3.8) is 0 Å². The number of esters is 1. The molecule has 0 aliphatic carbocycles. The number of likely N-dealkylation sites (tertiary alicyclic amines) is 1. The molecule has 1 aliphatic rings. The predicted molar refractivity (Wildman–Crippen MR) is 81.8 cm³/mol. The van der Waals surface area contributed by atoms with Gasteiger partial charge in [0.05, 0.1) is 13.7 Å². The first-order valence-corrected chi connectivity index (χ1v) is 7.62. The van der Waals surface area contributed by atoms with Crippen molar-refractivity contribution >= 4 is 18.5 Å². The van der Waals surface area contributed by atoms with E-state index in [-0.39, 0.29) is 24.7 Å². The minimum absolute atomic E-state index is 0.0222. The van der Waals surface area contributed by atoms with Crippen molar-refractivity contribution in [1.82, 2.24) is 10.2 Å². The average molecular weight is 330 g/mol. The average Bonchev–Trinajstić information content (AvgIpc) is 2.79. The van der Waals surface area contributed by atoms with Gasteiger partial charge in [-0.15, -0.1) is 0 Å². The summed E-state index contributed by atoms with van der Waals surface area (Å²) in [6.45, 7) is 6.82. The van der Waals surface area contributed by atoms with Crippen molar-refractivity contribution in [3.05, 3.63) is 0 Å². The van der Waals surface area contributed by atoms with E-state index in [1.165, 1.54) is 7.11 Å². The SMILES string of the molecule is COC(=O)CN1C[C@@H](OC=O)C[C@@H]1CCNC(=O)OC(C)(C)C. The second-order valence-corrected chi connectivity index (χ2v) is 6.47. The zero-order chi connectivity index (χ0) is 17.5. The summed E-state index contributed by atoms with van der Waals surface area (Å²) < 4.78 is 14.8. The number of alkyl carbamates (subject to hydrolysis) is 1. The summed E-state index contributed by atoms with van der Waals surface area (Å²) in [6, 6.07) is 0.0222. The van der Waals surface area contributed by atoms with Crippen molar-refractivity contribution in [1.29, 1.82) is 0 Å². The molecular weight excluding hydrogens is 304 g/mol. The normalized spacial score (nSPS) is 21.6. The Kier molecular flexibility index (Phi) is 7.28. The maximum absolute atomic E-state index is 11.6. The molecule has 2 atom stereocenters. The number of carbonyl (C=O) groups is 3. The summed E-state index contributed by atoms with van der Waals surface area (Å²) >= 11 is 0. The van der Waals surface area contributed by atoms with Gasteiger partial charge < -0.3 is 19.5 Å². The van der Waals surface area contributed by atoms with E-state index in [0.29, 0.717) is 32.4 Å². The number of hydrogen-bond donors (Lipinski definition) is 1. The molecule has 1 fully saturated rings. The van der Waals surface area contributed by atoms with Gasteiger partial charge in [-0.1, -0.05) is 0 Å². The van der Waals surface area contributed by atoms with E-state index in [9.17, 15) is 14.4 Å². The van der Waals surface area contributed by atoms with Crippen LogP contribution in [0.25, 0.3) is 0 Å². The van der Waals surface area contributed by atoms with Gasteiger partial charge in [0, 0.05) is 25.6 Å². The highest BCUT2D eigenvalue weighted by Gasteiger charge is 2.34. The fraction of sp³-hybridized carbons (Fsp3) is 0.800. The monoisotopic (exact) mass is 330 g/mol. The van der Waals surface area contributed by atoms with Crippen LogP contribution in [0.2, 0.25) is 0 Å². The van der Waals surface area contributed by atoms with Crippen LogP contribution >= 0.6 is 0 Å². The highest BCUT2D eigenvalue weighted by Crippen LogP contribution is 2.22. The van der Waals surface area contributed by atoms with E-state index in [2.05, 4.69) is 10.1 Å². The Morgan fingerprint density at radius 3 is 2.61 bits per heavy atom. The zero-order valence-electron chi connectivity index (χ0n) is 14.2. The molecule has 0 aromatic rings. The lowest BCUT2D eigenvalue weighted by Crippen LogP contribution is -2.38. The Morgan fingerprint density at radius 1 is 1.35 bits per heavy atom. The Hall–Kier alpha value is -1.83. The van der Waals surface area contributed by atoms with Gasteiger partial charge in [0.25, 0.3) is 6.47 Å². The van der Waals surface area contributed by atoms with Gasteiger partial charge in [0.2, 0.25) is 0 Å². The van der Waals surface area contributed by atoms with Gasteiger partial charge in [-0.2, -0.15) is 0 Å². The van der Waals surface area contributed by atoms with Gasteiger partial charge in [-0.05, 0) is 27.2 Å². The summed E-state index contributed by atoms with van der Waals surface area (Å²) in [5.74, 6) is -0.346.